The monoisotopic (exact) mass is 270 g/mol. The van der Waals surface area contributed by atoms with Crippen molar-refractivity contribution in [3.05, 3.63) is 0 Å². The van der Waals surface area contributed by atoms with Crippen LogP contribution in [0.1, 0.15) is 86.0 Å². The van der Waals surface area contributed by atoms with Crippen LogP contribution in [0.3, 0.4) is 0 Å². The number of unbranched alkanes of at least 4 members (excludes halogenated alkanes) is 2. The summed E-state index contributed by atoms with van der Waals surface area (Å²) in [7, 11) is 0. The van der Waals surface area contributed by atoms with Crippen molar-refractivity contribution in [1.29, 1.82) is 0 Å². The van der Waals surface area contributed by atoms with Gasteiger partial charge in [-0.05, 0) is 32.1 Å². The van der Waals surface area contributed by atoms with Gasteiger partial charge in [-0.2, -0.15) is 0 Å². The highest BCUT2D eigenvalue weighted by atomic mass is 16.5. The first-order chi connectivity index (χ1) is 9.03. The minimum Gasteiger partial charge on any atom is -0.465 e. The maximum Gasteiger partial charge on any atom is 0.311 e. The zero-order valence-electron chi connectivity index (χ0n) is 13.8. The second-order valence-electron chi connectivity index (χ2n) is 6.03. The number of ether oxygens (including phenoxy) is 1. The predicted molar refractivity (Wildman–Crippen MR) is 82.2 cm³/mol. The minimum atomic E-state index is -0.279. The molecule has 0 bridgehead atoms. The first-order valence-corrected chi connectivity index (χ1v) is 8.21. The number of esters is 1. The average molecular weight is 270 g/mol. The van der Waals surface area contributed by atoms with Crippen LogP contribution in [0.2, 0.25) is 0 Å². The van der Waals surface area contributed by atoms with E-state index in [1.807, 2.05) is 0 Å². The molecule has 0 heterocycles. The second kappa shape index (κ2) is 10.3. The SMILES string of the molecule is CCCCC(CC)COC(=O)C(C)(CC)CCCC. The van der Waals surface area contributed by atoms with Crippen LogP contribution < -0.4 is 0 Å². The maximum atomic E-state index is 12.3. The largest absolute Gasteiger partial charge is 0.465 e. The van der Waals surface area contributed by atoms with Crippen molar-refractivity contribution in [1.82, 2.24) is 0 Å². The smallest absolute Gasteiger partial charge is 0.311 e. The highest BCUT2D eigenvalue weighted by Crippen LogP contribution is 2.30. The third kappa shape index (κ3) is 6.98. The Morgan fingerprint density at radius 1 is 1.11 bits per heavy atom. The molecule has 0 aromatic carbocycles. The number of carbonyl (C=O) groups excluding carboxylic acids is 1. The molecule has 0 aromatic rings. The third-order valence-electron chi connectivity index (χ3n) is 4.35. The molecular formula is C17H34O2. The van der Waals surface area contributed by atoms with Crippen LogP contribution in [0, 0.1) is 11.3 Å². The molecule has 0 aliphatic heterocycles. The van der Waals surface area contributed by atoms with E-state index in [0.29, 0.717) is 12.5 Å². The maximum absolute atomic E-state index is 12.3. The number of rotatable bonds is 11. The summed E-state index contributed by atoms with van der Waals surface area (Å²) in [6.07, 6.45) is 8.79. The van der Waals surface area contributed by atoms with Crippen LogP contribution in [0.5, 0.6) is 0 Å². The Balaban J connectivity index is 4.24. The molecule has 0 saturated carbocycles. The minimum absolute atomic E-state index is 0.0124. The van der Waals surface area contributed by atoms with Gasteiger partial charge >= 0.3 is 5.97 Å². The first kappa shape index (κ1) is 18.5. The third-order valence-corrected chi connectivity index (χ3v) is 4.35. The van der Waals surface area contributed by atoms with Crippen molar-refractivity contribution in [3.63, 3.8) is 0 Å². The van der Waals surface area contributed by atoms with E-state index < -0.39 is 0 Å². The van der Waals surface area contributed by atoms with Crippen LogP contribution in [0.25, 0.3) is 0 Å². The Morgan fingerprint density at radius 2 is 1.74 bits per heavy atom. The van der Waals surface area contributed by atoms with Gasteiger partial charge in [-0.3, -0.25) is 4.79 Å². The van der Waals surface area contributed by atoms with Crippen LogP contribution in [0.15, 0.2) is 0 Å². The molecule has 0 aromatic heterocycles. The molecule has 2 atom stereocenters. The van der Waals surface area contributed by atoms with Crippen LogP contribution in [-0.2, 0) is 9.53 Å². The van der Waals surface area contributed by atoms with E-state index in [0.717, 1.165) is 32.1 Å². The predicted octanol–water partition coefficient (Wildman–Crippen LogP) is 5.35. The Labute approximate surface area is 120 Å². The van der Waals surface area contributed by atoms with Crippen molar-refractivity contribution in [2.24, 2.45) is 11.3 Å². The Hall–Kier alpha value is -0.530. The van der Waals surface area contributed by atoms with E-state index in [9.17, 15) is 4.79 Å². The molecule has 0 spiro atoms. The quantitative estimate of drug-likeness (QED) is 0.473. The standard InChI is InChI=1S/C17H34O2/c1-6-10-12-15(8-3)14-19-16(18)17(5,9-4)13-11-7-2/h15H,6-14H2,1-5H3. The van der Waals surface area contributed by atoms with Gasteiger partial charge in [0.15, 0.2) is 0 Å². The Morgan fingerprint density at radius 3 is 2.21 bits per heavy atom. The molecule has 0 aliphatic rings. The van der Waals surface area contributed by atoms with Crippen molar-refractivity contribution in [2.45, 2.75) is 86.0 Å². The van der Waals surface area contributed by atoms with Gasteiger partial charge in [-0.25, -0.2) is 0 Å². The average Bonchev–Trinajstić information content (AvgIpc) is 2.44. The molecule has 0 radical (unpaired) electrons. The lowest BCUT2D eigenvalue weighted by atomic mass is 9.82. The van der Waals surface area contributed by atoms with Gasteiger partial charge in [0.05, 0.1) is 12.0 Å². The molecule has 19 heavy (non-hydrogen) atoms. The number of carbonyl (C=O) groups is 1. The number of hydrogen-bond donors (Lipinski definition) is 0. The first-order valence-electron chi connectivity index (χ1n) is 8.21. The number of hydrogen-bond acceptors (Lipinski definition) is 2. The molecule has 2 nitrogen and oxygen atoms in total. The lowest BCUT2D eigenvalue weighted by molar-refractivity contribution is -0.157. The fourth-order valence-corrected chi connectivity index (χ4v) is 2.26. The summed E-state index contributed by atoms with van der Waals surface area (Å²) >= 11 is 0. The van der Waals surface area contributed by atoms with Gasteiger partial charge in [0, 0.05) is 0 Å². The normalized spacial score (nSPS) is 15.8. The lowest BCUT2D eigenvalue weighted by Crippen LogP contribution is -2.30. The van der Waals surface area contributed by atoms with Crippen molar-refractivity contribution in [2.75, 3.05) is 6.61 Å². The zero-order chi connectivity index (χ0) is 14.7. The van der Waals surface area contributed by atoms with Gasteiger partial charge < -0.3 is 4.74 Å². The molecular weight excluding hydrogens is 236 g/mol. The van der Waals surface area contributed by atoms with Crippen molar-refractivity contribution in [3.8, 4) is 0 Å². The van der Waals surface area contributed by atoms with Gasteiger partial charge in [-0.1, -0.05) is 59.8 Å². The summed E-state index contributed by atoms with van der Waals surface area (Å²) in [5, 5.41) is 0. The van der Waals surface area contributed by atoms with Crippen LogP contribution >= 0.6 is 0 Å². The highest BCUT2D eigenvalue weighted by Gasteiger charge is 2.32. The molecule has 0 N–H and O–H groups in total. The van der Waals surface area contributed by atoms with Crippen molar-refractivity contribution < 1.29 is 9.53 Å². The Bertz CT molecular complexity index is 237. The summed E-state index contributed by atoms with van der Waals surface area (Å²) < 4.78 is 5.61. The highest BCUT2D eigenvalue weighted by molar-refractivity contribution is 5.76. The van der Waals surface area contributed by atoms with Crippen molar-refractivity contribution >= 4 is 5.97 Å². The van der Waals surface area contributed by atoms with E-state index in [1.165, 1.54) is 19.3 Å². The summed E-state index contributed by atoms with van der Waals surface area (Å²) in [6, 6.07) is 0. The topological polar surface area (TPSA) is 26.3 Å². The van der Waals surface area contributed by atoms with E-state index >= 15 is 0 Å². The Kier molecular flexibility index (Phi) is 9.99. The van der Waals surface area contributed by atoms with Gasteiger partial charge in [0.25, 0.3) is 0 Å². The molecule has 2 heteroatoms. The molecule has 0 aliphatic carbocycles. The zero-order valence-corrected chi connectivity index (χ0v) is 13.8. The van der Waals surface area contributed by atoms with E-state index in [-0.39, 0.29) is 11.4 Å². The van der Waals surface area contributed by atoms with Crippen LogP contribution in [-0.4, -0.2) is 12.6 Å². The summed E-state index contributed by atoms with van der Waals surface area (Å²) in [5.74, 6) is 0.551. The molecule has 0 rings (SSSR count). The van der Waals surface area contributed by atoms with Gasteiger partial charge in [-0.15, -0.1) is 0 Å². The van der Waals surface area contributed by atoms with E-state index in [2.05, 4.69) is 34.6 Å². The van der Waals surface area contributed by atoms with Gasteiger partial charge in [0.2, 0.25) is 0 Å². The van der Waals surface area contributed by atoms with E-state index in [1.54, 1.807) is 0 Å². The summed E-state index contributed by atoms with van der Waals surface area (Å²) in [4.78, 5) is 12.3. The van der Waals surface area contributed by atoms with Crippen LogP contribution in [0.4, 0.5) is 0 Å². The van der Waals surface area contributed by atoms with E-state index in [4.69, 9.17) is 4.74 Å². The second-order valence-corrected chi connectivity index (χ2v) is 6.03. The molecule has 2 unspecified atom stereocenters. The summed E-state index contributed by atoms with van der Waals surface area (Å²) in [6.45, 7) is 11.3. The van der Waals surface area contributed by atoms with Gasteiger partial charge in [0.1, 0.15) is 0 Å². The fraction of sp³-hybridized carbons (Fsp3) is 0.941. The molecule has 114 valence electrons. The lowest BCUT2D eigenvalue weighted by Gasteiger charge is -2.27. The molecule has 0 amide bonds. The molecule has 0 saturated heterocycles. The molecule has 0 fully saturated rings. The fourth-order valence-electron chi connectivity index (χ4n) is 2.26. The summed E-state index contributed by atoms with van der Waals surface area (Å²) in [5.41, 5.74) is -0.279.